The molecule has 2 rings (SSSR count). The van der Waals surface area contributed by atoms with Gasteiger partial charge in [-0.15, -0.1) is 0 Å². The highest BCUT2D eigenvalue weighted by Crippen LogP contribution is 2.32. The number of para-hydroxylation sites is 1. The van der Waals surface area contributed by atoms with Crippen molar-refractivity contribution < 1.29 is 4.79 Å². The maximum atomic E-state index is 11.6. The first-order valence-corrected chi connectivity index (χ1v) is 6.36. The minimum Gasteiger partial charge on any atom is -0.376 e. The molecule has 1 heterocycles. The van der Waals surface area contributed by atoms with Gasteiger partial charge in [-0.05, 0) is 12.1 Å². The first kappa shape index (κ1) is 12.6. The van der Waals surface area contributed by atoms with Crippen LogP contribution in [0, 0.1) is 0 Å². The zero-order valence-corrected chi connectivity index (χ0v) is 11.7. The molecule has 0 saturated carbocycles. The van der Waals surface area contributed by atoms with Crippen LogP contribution in [-0.2, 0) is 0 Å². The van der Waals surface area contributed by atoms with Crippen molar-refractivity contribution >= 4 is 38.4 Å². The van der Waals surface area contributed by atoms with Crippen LogP contribution in [0.25, 0.3) is 10.2 Å². The lowest BCUT2D eigenvalue weighted by molar-refractivity contribution is 0.230. The van der Waals surface area contributed by atoms with Gasteiger partial charge in [-0.25, -0.2) is 9.78 Å². The summed E-state index contributed by atoms with van der Waals surface area (Å²) in [7, 11) is 7.36. The van der Waals surface area contributed by atoms with Crippen LogP contribution in [0.3, 0.4) is 0 Å². The molecular formula is C12H16N4OS. The summed E-state index contributed by atoms with van der Waals surface area (Å²) in [5.41, 5.74) is 1.97. The van der Waals surface area contributed by atoms with Gasteiger partial charge in [0.05, 0.1) is 10.4 Å². The van der Waals surface area contributed by atoms with Crippen molar-refractivity contribution in [2.75, 3.05) is 38.4 Å². The molecule has 0 bridgehead atoms. The number of fused-ring (bicyclic) bond motifs is 1. The number of benzene rings is 1. The van der Waals surface area contributed by atoms with Crippen LogP contribution in [0.1, 0.15) is 0 Å². The first-order chi connectivity index (χ1) is 8.49. The third-order valence-electron chi connectivity index (χ3n) is 2.50. The van der Waals surface area contributed by atoms with Crippen LogP contribution >= 0.6 is 11.3 Å². The lowest BCUT2D eigenvalue weighted by Crippen LogP contribution is -2.27. The number of carbonyl (C=O) groups excluding carboxylic acids is 1. The number of rotatable bonds is 2. The number of nitrogens with one attached hydrogen (secondary N) is 1. The molecule has 0 fully saturated rings. The van der Waals surface area contributed by atoms with E-state index in [0.29, 0.717) is 5.13 Å². The molecule has 0 aliphatic heterocycles. The largest absolute Gasteiger partial charge is 0.376 e. The molecule has 0 aliphatic rings. The van der Waals surface area contributed by atoms with Gasteiger partial charge in [0.2, 0.25) is 0 Å². The van der Waals surface area contributed by atoms with Crippen molar-refractivity contribution in [1.82, 2.24) is 9.88 Å². The fourth-order valence-electron chi connectivity index (χ4n) is 1.55. The van der Waals surface area contributed by atoms with E-state index in [1.54, 1.807) is 14.1 Å². The van der Waals surface area contributed by atoms with Gasteiger partial charge in [0.15, 0.2) is 5.13 Å². The molecule has 0 unspecified atom stereocenters. The molecule has 96 valence electrons. The number of carbonyl (C=O) groups is 1. The van der Waals surface area contributed by atoms with Crippen molar-refractivity contribution in [3.8, 4) is 0 Å². The summed E-state index contributed by atoms with van der Waals surface area (Å²) >= 11 is 1.48. The van der Waals surface area contributed by atoms with Gasteiger partial charge < -0.3 is 9.80 Å². The highest BCUT2D eigenvalue weighted by atomic mass is 32.1. The number of hydrogen-bond acceptors (Lipinski definition) is 4. The van der Waals surface area contributed by atoms with Gasteiger partial charge in [-0.1, -0.05) is 17.4 Å². The Hall–Kier alpha value is -1.82. The minimum absolute atomic E-state index is 0.166. The van der Waals surface area contributed by atoms with E-state index in [4.69, 9.17) is 0 Å². The summed E-state index contributed by atoms with van der Waals surface area (Å²) in [5.74, 6) is 0. The van der Waals surface area contributed by atoms with Crippen LogP contribution in [0.15, 0.2) is 18.2 Å². The lowest BCUT2D eigenvalue weighted by atomic mass is 10.3. The number of thiazole rings is 1. The second kappa shape index (κ2) is 4.81. The Morgan fingerprint density at radius 1 is 1.28 bits per heavy atom. The monoisotopic (exact) mass is 264 g/mol. The highest BCUT2D eigenvalue weighted by molar-refractivity contribution is 7.22. The number of amides is 2. The molecule has 6 heteroatoms. The number of aromatic nitrogens is 1. The molecule has 2 amide bonds. The summed E-state index contributed by atoms with van der Waals surface area (Å²) in [6, 6.07) is 5.85. The SMILES string of the molecule is CN(C)C(=O)Nc1nc2c(N(C)C)cccc2s1. The predicted molar refractivity (Wildman–Crippen MR) is 76.7 cm³/mol. The van der Waals surface area contributed by atoms with E-state index in [0.717, 1.165) is 15.9 Å². The zero-order valence-electron chi connectivity index (χ0n) is 10.9. The van der Waals surface area contributed by atoms with Gasteiger partial charge >= 0.3 is 6.03 Å². The molecule has 1 aromatic carbocycles. The van der Waals surface area contributed by atoms with Crippen LogP contribution in [0.2, 0.25) is 0 Å². The van der Waals surface area contributed by atoms with E-state index in [9.17, 15) is 4.79 Å². The predicted octanol–water partition coefficient (Wildman–Crippen LogP) is 2.46. The molecule has 2 aromatic rings. The number of nitrogens with zero attached hydrogens (tertiary/aromatic N) is 3. The van der Waals surface area contributed by atoms with Gasteiger partial charge in [0, 0.05) is 28.2 Å². The van der Waals surface area contributed by atoms with Crippen molar-refractivity contribution in [3.05, 3.63) is 18.2 Å². The zero-order chi connectivity index (χ0) is 13.3. The molecule has 5 nitrogen and oxygen atoms in total. The summed E-state index contributed by atoms with van der Waals surface area (Å²) in [6.45, 7) is 0. The average molecular weight is 264 g/mol. The van der Waals surface area contributed by atoms with Gasteiger partial charge in [-0.2, -0.15) is 0 Å². The summed E-state index contributed by atoms with van der Waals surface area (Å²) < 4.78 is 1.07. The van der Waals surface area contributed by atoms with E-state index in [1.807, 2.05) is 37.2 Å². The van der Waals surface area contributed by atoms with E-state index in [-0.39, 0.29) is 6.03 Å². The standard InChI is InChI=1S/C12H16N4OS/c1-15(2)8-6-5-7-9-10(8)13-11(18-9)14-12(17)16(3)4/h5-7H,1-4H3,(H,13,14,17). The quantitative estimate of drug-likeness (QED) is 0.906. The molecule has 18 heavy (non-hydrogen) atoms. The Bertz CT molecular complexity index is 576. The Kier molecular flexibility index (Phi) is 3.38. The van der Waals surface area contributed by atoms with Crippen LogP contribution in [0.5, 0.6) is 0 Å². The number of hydrogen-bond donors (Lipinski definition) is 1. The van der Waals surface area contributed by atoms with Crippen LogP contribution in [0.4, 0.5) is 15.6 Å². The summed E-state index contributed by atoms with van der Waals surface area (Å²) in [5, 5.41) is 3.40. The highest BCUT2D eigenvalue weighted by Gasteiger charge is 2.11. The van der Waals surface area contributed by atoms with E-state index >= 15 is 0 Å². The third-order valence-corrected chi connectivity index (χ3v) is 3.44. The van der Waals surface area contributed by atoms with Gasteiger partial charge in [0.1, 0.15) is 5.52 Å². The molecule has 0 radical (unpaired) electrons. The van der Waals surface area contributed by atoms with E-state index in [2.05, 4.69) is 10.3 Å². The van der Waals surface area contributed by atoms with Crippen molar-refractivity contribution in [3.63, 3.8) is 0 Å². The Balaban J connectivity index is 2.38. The summed E-state index contributed by atoms with van der Waals surface area (Å²) in [6.07, 6.45) is 0. The molecule has 1 N–H and O–H groups in total. The average Bonchev–Trinajstić information content (AvgIpc) is 2.70. The molecule has 0 atom stereocenters. The molecule has 0 aliphatic carbocycles. The normalized spacial score (nSPS) is 10.4. The first-order valence-electron chi connectivity index (χ1n) is 5.54. The van der Waals surface area contributed by atoms with Crippen LogP contribution in [-0.4, -0.2) is 44.1 Å². The second-order valence-electron chi connectivity index (χ2n) is 4.36. The number of anilines is 2. The molecule has 0 spiro atoms. The Labute approximate surface area is 110 Å². The van der Waals surface area contributed by atoms with Crippen molar-refractivity contribution in [2.45, 2.75) is 0 Å². The fourth-order valence-corrected chi connectivity index (χ4v) is 2.43. The van der Waals surface area contributed by atoms with Crippen LogP contribution < -0.4 is 10.2 Å². The maximum Gasteiger partial charge on any atom is 0.323 e. The van der Waals surface area contributed by atoms with E-state index in [1.165, 1.54) is 16.2 Å². The topological polar surface area (TPSA) is 48.5 Å². The number of urea groups is 1. The van der Waals surface area contributed by atoms with Gasteiger partial charge in [0.25, 0.3) is 0 Å². The third kappa shape index (κ3) is 2.38. The maximum absolute atomic E-state index is 11.6. The molecular weight excluding hydrogens is 248 g/mol. The molecule has 1 aromatic heterocycles. The Morgan fingerprint density at radius 2 is 2.00 bits per heavy atom. The van der Waals surface area contributed by atoms with Gasteiger partial charge in [-0.3, -0.25) is 5.32 Å². The summed E-state index contributed by atoms with van der Waals surface area (Å²) in [4.78, 5) is 19.6. The van der Waals surface area contributed by atoms with Crippen molar-refractivity contribution in [1.29, 1.82) is 0 Å². The fraction of sp³-hybridized carbons (Fsp3) is 0.333. The van der Waals surface area contributed by atoms with Crippen molar-refractivity contribution in [2.24, 2.45) is 0 Å². The van der Waals surface area contributed by atoms with E-state index < -0.39 is 0 Å². The smallest absolute Gasteiger partial charge is 0.323 e. The minimum atomic E-state index is -0.166. The second-order valence-corrected chi connectivity index (χ2v) is 5.39. The molecule has 0 saturated heterocycles. The Morgan fingerprint density at radius 3 is 2.61 bits per heavy atom. The lowest BCUT2D eigenvalue weighted by Gasteiger charge is -2.12.